The summed E-state index contributed by atoms with van der Waals surface area (Å²) in [6, 6.07) is 8.89. The van der Waals surface area contributed by atoms with Crippen LogP contribution >= 0.6 is 27.5 Å². The van der Waals surface area contributed by atoms with E-state index in [0.29, 0.717) is 20.4 Å². The van der Waals surface area contributed by atoms with Gasteiger partial charge in [0.2, 0.25) is 0 Å². The smallest absolute Gasteiger partial charge is 0.340 e. The molecule has 0 radical (unpaired) electrons. The van der Waals surface area contributed by atoms with Gasteiger partial charge in [-0.1, -0.05) is 11.6 Å². The van der Waals surface area contributed by atoms with Crippen molar-refractivity contribution in [3.8, 4) is 5.75 Å². The number of esters is 1. The number of aromatic hydroxyl groups is 1. The number of hydrogen-bond donors (Lipinski definition) is 1. The van der Waals surface area contributed by atoms with Crippen molar-refractivity contribution < 1.29 is 23.1 Å². The lowest BCUT2D eigenvalue weighted by molar-refractivity contribution is 0.0527. The van der Waals surface area contributed by atoms with Crippen molar-refractivity contribution in [1.29, 1.82) is 0 Å². The van der Waals surface area contributed by atoms with Gasteiger partial charge in [0.05, 0.1) is 32.8 Å². The standard InChI is InChI=1S/C19H17BrClNO5S/c1-3-27-19(24)18-13-8-17(23)14(20)9-15(13)22(2)16(18)10-28(25,26)12-6-4-11(21)5-7-12/h4-9,23H,3,10H2,1-2H3. The summed E-state index contributed by atoms with van der Waals surface area (Å²) in [6.45, 7) is 1.81. The average Bonchev–Trinajstić information content (AvgIpc) is 2.87. The Balaban J connectivity index is 2.21. The maximum atomic E-state index is 12.9. The fraction of sp³-hybridized carbons (Fsp3) is 0.211. The quantitative estimate of drug-likeness (QED) is 0.539. The van der Waals surface area contributed by atoms with Crippen LogP contribution in [0.4, 0.5) is 0 Å². The normalized spacial score (nSPS) is 11.7. The molecule has 1 heterocycles. The maximum Gasteiger partial charge on any atom is 0.340 e. The van der Waals surface area contributed by atoms with Crippen molar-refractivity contribution in [1.82, 2.24) is 4.57 Å². The molecule has 1 N–H and O–H groups in total. The summed E-state index contributed by atoms with van der Waals surface area (Å²) in [5.41, 5.74) is 0.995. The Kier molecular flexibility index (Phi) is 5.74. The van der Waals surface area contributed by atoms with Crippen LogP contribution in [0.15, 0.2) is 45.8 Å². The Morgan fingerprint density at radius 1 is 1.25 bits per heavy atom. The second-order valence-electron chi connectivity index (χ2n) is 6.13. The monoisotopic (exact) mass is 485 g/mol. The highest BCUT2D eigenvalue weighted by Crippen LogP contribution is 2.35. The highest BCUT2D eigenvalue weighted by atomic mass is 79.9. The molecule has 0 unspecified atom stereocenters. The zero-order valence-corrected chi connectivity index (χ0v) is 18.2. The van der Waals surface area contributed by atoms with Crippen LogP contribution < -0.4 is 0 Å². The molecule has 3 rings (SSSR count). The van der Waals surface area contributed by atoms with Gasteiger partial charge in [0, 0.05) is 23.2 Å². The minimum atomic E-state index is -3.75. The third-order valence-electron chi connectivity index (χ3n) is 4.37. The van der Waals surface area contributed by atoms with Gasteiger partial charge in [0.15, 0.2) is 9.84 Å². The molecule has 0 fully saturated rings. The largest absolute Gasteiger partial charge is 0.507 e. The molecule has 0 amide bonds. The molecular formula is C19H17BrClNO5S. The highest BCUT2D eigenvalue weighted by Gasteiger charge is 2.27. The van der Waals surface area contributed by atoms with Crippen molar-refractivity contribution in [2.75, 3.05) is 6.61 Å². The van der Waals surface area contributed by atoms with E-state index < -0.39 is 21.6 Å². The SMILES string of the molecule is CCOC(=O)c1c(CS(=O)(=O)c2ccc(Cl)cc2)n(C)c2cc(Br)c(O)cc12. The van der Waals surface area contributed by atoms with E-state index in [1.165, 1.54) is 30.3 Å². The van der Waals surface area contributed by atoms with E-state index in [0.717, 1.165) is 0 Å². The van der Waals surface area contributed by atoms with E-state index in [1.807, 2.05) is 0 Å². The van der Waals surface area contributed by atoms with E-state index >= 15 is 0 Å². The average molecular weight is 487 g/mol. The van der Waals surface area contributed by atoms with Crippen LogP contribution in [0.2, 0.25) is 5.02 Å². The zero-order chi connectivity index (χ0) is 20.6. The number of halogens is 2. The van der Waals surface area contributed by atoms with Crippen molar-refractivity contribution in [2.45, 2.75) is 17.6 Å². The number of sulfone groups is 1. The van der Waals surface area contributed by atoms with Gasteiger partial charge in [0.25, 0.3) is 0 Å². The van der Waals surface area contributed by atoms with E-state index in [9.17, 15) is 18.3 Å². The van der Waals surface area contributed by atoms with E-state index in [-0.39, 0.29) is 28.5 Å². The number of nitrogens with zero attached hydrogens (tertiary/aromatic N) is 1. The molecule has 0 aliphatic rings. The number of fused-ring (bicyclic) bond motifs is 1. The van der Waals surface area contributed by atoms with Gasteiger partial charge in [0.1, 0.15) is 5.75 Å². The fourth-order valence-corrected chi connectivity index (χ4v) is 4.88. The predicted molar refractivity (Wildman–Crippen MR) is 111 cm³/mol. The molecule has 3 aromatic rings. The Labute approximate surface area is 175 Å². The summed E-state index contributed by atoms with van der Waals surface area (Å²) in [7, 11) is -2.09. The first-order valence-corrected chi connectivity index (χ1v) is 11.1. The lowest BCUT2D eigenvalue weighted by Crippen LogP contribution is -2.13. The molecule has 0 saturated heterocycles. The summed E-state index contributed by atoms with van der Waals surface area (Å²) >= 11 is 9.09. The van der Waals surface area contributed by atoms with Gasteiger partial charge in [-0.3, -0.25) is 0 Å². The first-order valence-electron chi connectivity index (χ1n) is 8.31. The summed E-state index contributed by atoms with van der Waals surface area (Å²) in [5.74, 6) is -1.11. The minimum Gasteiger partial charge on any atom is -0.507 e. The minimum absolute atomic E-state index is 0.0595. The second-order valence-corrected chi connectivity index (χ2v) is 9.42. The molecule has 2 aromatic carbocycles. The van der Waals surface area contributed by atoms with Crippen LogP contribution in [0.3, 0.4) is 0 Å². The van der Waals surface area contributed by atoms with Crippen LogP contribution in [0.5, 0.6) is 5.75 Å². The Morgan fingerprint density at radius 3 is 2.50 bits per heavy atom. The number of carbonyl (C=O) groups is 1. The number of phenols is 1. The van der Waals surface area contributed by atoms with E-state index in [1.54, 1.807) is 24.6 Å². The van der Waals surface area contributed by atoms with Crippen molar-refractivity contribution in [3.63, 3.8) is 0 Å². The number of hydrogen-bond acceptors (Lipinski definition) is 5. The molecule has 0 aliphatic carbocycles. The Hall–Kier alpha value is -2.03. The third kappa shape index (κ3) is 3.76. The number of aromatic nitrogens is 1. The van der Waals surface area contributed by atoms with Crippen molar-refractivity contribution >= 4 is 54.2 Å². The third-order valence-corrected chi connectivity index (χ3v) is 6.90. The molecule has 0 saturated carbocycles. The predicted octanol–water partition coefficient (Wildman–Crippen LogP) is 4.45. The maximum absolute atomic E-state index is 12.9. The summed E-state index contributed by atoms with van der Waals surface area (Å²) in [6.07, 6.45) is 0. The van der Waals surface area contributed by atoms with Crippen LogP contribution in [-0.2, 0) is 27.4 Å². The van der Waals surface area contributed by atoms with Crippen LogP contribution in [0.25, 0.3) is 10.9 Å². The molecule has 0 atom stereocenters. The molecule has 148 valence electrons. The lowest BCUT2D eigenvalue weighted by atomic mass is 10.1. The number of ether oxygens (including phenoxy) is 1. The molecule has 0 spiro atoms. The summed E-state index contributed by atoms with van der Waals surface area (Å²) in [4.78, 5) is 12.7. The van der Waals surface area contributed by atoms with Gasteiger partial charge in [-0.2, -0.15) is 0 Å². The highest BCUT2D eigenvalue weighted by molar-refractivity contribution is 9.10. The molecule has 9 heteroatoms. The van der Waals surface area contributed by atoms with Gasteiger partial charge in [-0.05, 0) is 59.3 Å². The first-order chi connectivity index (χ1) is 13.2. The summed E-state index contributed by atoms with van der Waals surface area (Å²) < 4.78 is 33.1. The fourth-order valence-electron chi connectivity index (χ4n) is 3.00. The van der Waals surface area contributed by atoms with Crippen molar-refractivity contribution in [3.05, 3.63) is 57.2 Å². The van der Waals surface area contributed by atoms with Gasteiger partial charge < -0.3 is 14.4 Å². The number of benzene rings is 2. The number of rotatable bonds is 5. The summed E-state index contributed by atoms with van der Waals surface area (Å²) in [5, 5.41) is 10.9. The molecule has 0 aliphatic heterocycles. The molecule has 0 bridgehead atoms. The molecule has 28 heavy (non-hydrogen) atoms. The van der Waals surface area contributed by atoms with Crippen LogP contribution in [0, 0.1) is 0 Å². The zero-order valence-electron chi connectivity index (χ0n) is 15.1. The number of aryl methyl sites for hydroxylation is 1. The van der Waals surface area contributed by atoms with Crippen molar-refractivity contribution in [2.24, 2.45) is 7.05 Å². The van der Waals surface area contributed by atoms with Gasteiger partial charge in [-0.25, -0.2) is 13.2 Å². The van der Waals surface area contributed by atoms with Crippen LogP contribution in [-0.4, -0.2) is 30.7 Å². The Bertz CT molecular complexity index is 1170. The first kappa shape index (κ1) is 20.7. The molecule has 1 aromatic heterocycles. The van der Waals surface area contributed by atoms with Gasteiger partial charge in [-0.15, -0.1) is 0 Å². The Morgan fingerprint density at radius 2 is 1.89 bits per heavy atom. The van der Waals surface area contributed by atoms with E-state index in [2.05, 4.69) is 15.9 Å². The van der Waals surface area contributed by atoms with E-state index in [4.69, 9.17) is 16.3 Å². The lowest BCUT2D eigenvalue weighted by Gasteiger charge is -2.09. The molecular weight excluding hydrogens is 470 g/mol. The van der Waals surface area contributed by atoms with Gasteiger partial charge >= 0.3 is 5.97 Å². The molecule has 6 nitrogen and oxygen atoms in total. The number of carbonyl (C=O) groups excluding carboxylic acids is 1. The number of phenolic OH excluding ortho intramolecular Hbond substituents is 1. The van der Waals surface area contributed by atoms with Crippen LogP contribution in [0.1, 0.15) is 23.0 Å². The second kappa shape index (κ2) is 7.77. The topological polar surface area (TPSA) is 85.6 Å².